The second-order valence-corrected chi connectivity index (χ2v) is 9.98. The molecule has 1 aliphatic heterocycles. The molecular weight excluding hydrogens is 581 g/mol. The Bertz CT molecular complexity index is 1200. The number of anilines is 1. The van der Waals surface area contributed by atoms with Gasteiger partial charge in [-0.15, -0.1) is 0 Å². The Morgan fingerprint density at radius 1 is 0.914 bits per heavy atom. The van der Waals surface area contributed by atoms with E-state index >= 15 is 0 Å². The summed E-state index contributed by atoms with van der Waals surface area (Å²) < 4.78 is 21.6. The van der Waals surface area contributed by atoms with E-state index in [0.717, 1.165) is 8.95 Å². The smallest absolute Gasteiger partial charge is 0.262 e. The Morgan fingerprint density at radius 3 is 2.34 bits per heavy atom. The lowest BCUT2D eigenvalue weighted by Gasteiger charge is -2.35. The quantitative estimate of drug-likeness (QED) is 0.396. The lowest BCUT2D eigenvalue weighted by Crippen LogP contribution is -2.48. The first-order valence-electron chi connectivity index (χ1n) is 11.1. The van der Waals surface area contributed by atoms with Crippen molar-refractivity contribution in [2.75, 3.05) is 38.1 Å². The molecule has 0 radical (unpaired) electrons. The highest BCUT2D eigenvalue weighted by molar-refractivity contribution is 9.10. The minimum absolute atomic E-state index is 0.151. The first-order chi connectivity index (χ1) is 16.9. The number of nitrogens with zero attached hydrogens (tertiary/aromatic N) is 2. The molecule has 6 nitrogen and oxygen atoms in total. The Hall–Kier alpha value is -2.75. The number of piperazine rings is 1. The highest BCUT2D eigenvalue weighted by atomic mass is 79.9. The zero-order chi connectivity index (χ0) is 24.8. The number of nitrogens with one attached hydrogen (secondary N) is 1. The number of carbonyl (C=O) groups is 2. The number of rotatable bonds is 7. The summed E-state index contributed by atoms with van der Waals surface area (Å²) in [6.45, 7) is 2.58. The van der Waals surface area contributed by atoms with Crippen molar-refractivity contribution in [2.24, 2.45) is 0 Å². The van der Waals surface area contributed by atoms with Gasteiger partial charge in [0.1, 0.15) is 11.6 Å². The van der Waals surface area contributed by atoms with Crippen LogP contribution in [-0.2, 0) is 11.3 Å². The van der Waals surface area contributed by atoms with Crippen LogP contribution in [0.2, 0.25) is 0 Å². The molecule has 0 atom stereocenters. The van der Waals surface area contributed by atoms with E-state index in [9.17, 15) is 14.0 Å². The third kappa shape index (κ3) is 6.90. The Balaban J connectivity index is 1.32. The van der Waals surface area contributed by atoms with E-state index in [1.807, 2.05) is 12.1 Å². The predicted molar refractivity (Wildman–Crippen MR) is 140 cm³/mol. The van der Waals surface area contributed by atoms with Crippen LogP contribution in [-0.4, -0.2) is 54.4 Å². The van der Waals surface area contributed by atoms with Gasteiger partial charge in [0, 0.05) is 52.9 Å². The van der Waals surface area contributed by atoms with E-state index in [1.54, 1.807) is 53.4 Å². The summed E-state index contributed by atoms with van der Waals surface area (Å²) in [6.07, 6.45) is 0. The van der Waals surface area contributed by atoms with E-state index in [0.29, 0.717) is 55.3 Å². The van der Waals surface area contributed by atoms with Crippen molar-refractivity contribution in [1.82, 2.24) is 9.80 Å². The molecule has 2 amide bonds. The summed E-state index contributed by atoms with van der Waals surface area (Å²) in [5.74, 6) is -0.339. The summed E-state index contributed by atoms with van der Waals surface area (Å²) in [7, 11) is 0. The first kappa shape index (κ1) is 25.3. The summed E-state index contributed by atoms with van der Waals surface area (Å²) in [6, 6.07) is 19.1. The molecule has 182 valence electrons. The van der Waals surface area contributed by atoms with Crippen molar-refractivity contribution >= 4 is 49.4 Å². The number of hydrogen-bond acceptors (Lipinski definition) is 4. The van der Waals surface area contributed by atoms with Gasteiger partial charge in [0.05, 0.1) is 5.56 Å². The van der Waals surface area contributed by atoms with Crippen LogP contribution in [0.25, 0.3) is 0 Å². The fourth-order valence-corrected chi connectivity index (χ4v) is 4.50. The molecule has 4 rings (SSSR count). The lowest BCUT2D eigenvalue weighted by molar-refractivity contribution is -0.118. The van der Waals surface area contributed by atoms with Gasteiger partial charge in [-0.3, -0.25) is 14.5 Å². The van der Waals surface area contributed by atoms with Crippen LogP contribution in [0.4, 0.5) is 10.1 Å². The van der Waals surface area contributed by atoms with Crippen molar-refractivity contribution in [1.29, 1.82) is 0 Å². The fraction of sp³-hybridized carbons (Fsp3) is 0.231. The molecule has 0 saturated carbocycles. The molecule has 1 fully saturated rings. The molecule has 0 bridgehead atoms. The van der Waals surface area contributed by atoms with Crippen LogP contribution < -0.4 is 10.1 Å². The van der Waals surface area contributed by atoms with Crippen LogP contribution in [0.3, 0.4) is 0 Å². The average molecular weight is 605 g/mol. The van der Waals surface area contributed by atoms with Crippen molar-refractivity contribution in [3.63, 3.8) is 0 Å². The zero-order valence-corrected chi connectivity index (χ0v) is 22.0. The fourth-order valence-electron chi connectivity index (χ4n) is 3.83. The van der Waals surface area contributed by atoms with Crippen LogP contribution in [0.15, 0.2) is 75.7 Å². The highest BCUT2D eigenvalue weighted by Crippen LogP contribution is 2.22. The van der Waals surface area contributed by atoms with Crippen molar-refractivity contribution < 1.29 is 18.7 Å². The molecule has 3 aromatic carbocycles. The maximum atomic E-state index is 14.1. The normalized spacial score (nSPS) is 14.0. The minimum Gasteiger partial charge on any atom is -0.483 e. The van der Waals surface area contributed by atoms with Gasteiger partial charge in [-0.2, -0.15) is 0 Å². The molecular formula is C26H24Br2FN3O3. The van der Waals surface area contributed by atoms with Crippen LogP contribution in [0.1, 0.15) is 15.9 Å². The zero-order valence-electron chi connectivity index (χ0n) is 18.8. The molecule has 0 aromatic heterocycles. The first-order valence-corrected chi connectivity index (χ1v) is 12.7. The second kappa shape index (κ2) is 11.8. The van der Waals surface area contributed by atoms with Crippen molar-refractivity contribution in [3.05, 3.63) is 92.6 Å². The summed E-state index contributed by atoms with van der Waals surface area (Å²) in [4.78, 5) is 29.4. The number of benzene rings is 3. The average Bonchev–Trinajstić information content (AvgIpc) is 2.86. The molecule has 35 heavy (non-hydrogen) atoms. The van der Waals surface area contributed by atoms with E-state index in [2.05, 4.69) is 42.1 Å². The van der Waals surface area contributed by atoms with E-state index < -0.39 is 0 Å². The van der Waals surface area contributed by atoms with Crippen LogP contribution >= 0.6 is 31.9 Å². The molecule has 0 unspecified atom stereocenters. The molecule has 0 spiro atoms. The molecule has 1 heterocycles. The number of para-hydroxylation sites is 1. The minimum atomic E-state index is -0.317. The van der Waals surface area contributed by atoms with Crippen LogP contribution in [0, 0.1) is 5.82 Å². The highest BCUT2D eigenvalue weighted by Gasteiger charge is 2.25. The summed E-state index contributed by atoms with van der Waals surface area (Å²) >= 11 is 6.74. The second-order valence-electron chi connectivity index (χ2n) is 8.14. The van der Waals surface area contributed by atoms with Gasteiger partial charge in [0.15, 0.2) is 6.61 Å². The molecule has 9 heteroatoms. The molecule has 3 aromatic rings. The lowest BCUT2D eigenvalue weighted by atomic mass is 10.1. The number of hydrogen-bond donors (Lipinski definition) is 1. The van der Waals surface area contributed by atoms with Crippen molar-refractivity contribution in [3.8, 4) is 5.75 Å². The van der Waals surface area contributed by atoms with Gasteiger partial charge in [0.2, 0.25) is 0 Å². The topological polar surface area (TPSA) is 61.9 Å². The number of carbonyl (C=O) groups excluding carboxylic acids is 2. The van der Waals surface area contributed by atoms with Gasteiger partial charge in [-0.1, -0.05) is 44.0 Å². The third-order valence-electron chi connectivity index (χ3n) is 5.67. The largest absolute Gasteiger partial charge is 0.483 e. The molecule has 1 N–H and O–H groups in total. The third-order valence-corrected chi connectivity index (χ3v) is 6.69. The Labute approximate surface area is 220 Å². The van der Waals surface area contributed by atoms with E-state index in [1.165, 1.54) is 6.07 Å². The van der Waals surface area contributed by atoms with Crippen LogP contribution in [0.5, 0.6) is 5.75 Å². The monoisotopic (exact) mass is 603 g/mol. The number of halogens is 3. The Morgan fingerprint density at radius 2 is 1.60 bits per heavy atom. The molecule has 0 aliphatic carbocycles. The van der Waals surface area contributed by atoms with E-state index in [-0.39, 0.29) is 24.2 Å². The maximum absolute atomic E-state index is 14.1. The SMILES string of the molecule is O=C(COc1ccccc1C(=O)N1CCN(Cc2cc(Br)ccc2F)CC1)Nc1ccc(Br)cc1. The molecule has 1 saturated heterocycles. The molecule has 1 aliphatic rings. The predicted octanol–water partition coefficient (Wildman–Crippen LogP) is 5.33. The van der Waals surface area contributed by atoms with Gasteiger partial charge in [0.25, 0.3) is 11.8 Å². The maximum Gasteiger partial charge on any atom is 0.262 e. The van der Waals surface area contributed by atoms with Gasteiger partial charge in [-0.05, 0) is 54.6 Å². The van der Waals surface area contributed by atoms with Gasteiger partial charge >= 0.3 is 0 Å². The van der Waals surface area contributed by atoms with Crippen molar-refractivity contribution in [2.45, 2.75) is 6.54 Å². The van der Waals surface area contributed by atoms with Gasteiger partial charge < -0.3 is 15.0 Å². The Kier molecular flexibility index (Phi) is 8.54. The standard InChI is InChI=1S/C26H24Br2FN3O3/c27-19-5-8-21(9-6-19)30-25(33)17-35-24-4-2-1-3-22(24)26(34)32-13-11-31(12-14-32)16-18-15-20(28)7-10-23(18)29/h1-10,15H,11-14,16-17H2,(H,30,33). The summed E-state index contributed by atoms with van der Waals surface area (Å²) in [5.41, 5.74) is 1.70. The summed E-state index contributed by atoms with van der Waals surface area (Å²) in [5, 5.41) is 2.77. The number of ether oxygens (including phenoxy) is 1. The van der Waals surface area contributed by atoms with E-state index in [4.69, 9.17) is 4.74 Å². The van der Waals surface area contributed by atoms with Gasteiger partial charge in [-0.25, -0.2) is 4.39 Å². The number of amides is 2.